The minimum absolute atomic E-state index is 0.0287. The Balaban J connectivity index is 1.36. The van der Waals surface area contributed by atoms with Crippen LogP contribution < -0.4 is 0 Å². The van der Waals surface area contributed by atoms with Crippen molar-refractivity contribution >= 4 is 29.6 Å². The summed E-state index contributed by atoms with van der Waals surface area (Å²) in [6.45, 7) is 5.76. The molecule has 4 aliphatic rings. The number of aliphatic hydroxyl groups excluding tert-OH is 1. The summed E-state index contributed by atoms with van der Waals surface area (Å²) in [5.74, 6) is 0.0296. The monoisotopic (exact) mass is 552 g/mol. The average Bonchev–Trinajstić information content (AvgIpc) is 3.40. The Hall–Kier alpha value is -2.45. The van der Waals surface area contributed by atoms with Gasteiger partial charge >= 0.3 is 5.97 Å². The number of esters is 1. The number of benzene rings is 1. The van der Waals surface area contributed by atoms with Gasteiger partial charge in [0.2, 0.25) is 0 Å². The van der Waals surface area contributed by atoms with E-state index in [1.54, 1.807) is 12.1 Å². The van der Waals surface area contributed by atoms with E-state index in [1.165, 1.54) is 36.4 Å². The molecule has 5 unspecified atom stereocenters. The number of carbonyl (C=O) groups excluding carboxylic acids is 2. The van der Waals surface area contributed by atoms with Crippen LogP contribution in [0.25, 0.3) is 11.8 Å². The van der Waals surface area contributed by atoms with Gasteiger partial charge in [-0.25, -0.2) is 9.07 Å². The molecule has 7 atom stereocenters. The highest BCUT2D eigenvalue weighted by molar-refractivity contribution is 7.99. The van der Waals surface area contributed by atoms with Gasteiger partial charge in [-0.05, 0) is 104 Å². The van der Waals surface area contributed by atoms with Crippen LogP contribution in [0.3, 0.4) is 0 Å². The van der Waals surface area contributed by atoms with Crippen LogP contribution in [-0.4, -0.2) is 50.4 Å². The number of nitrogens with zero attached hydrogens (tertiary/aromatic N) is 2. The summed E-state index contributed by atoms with van der Waals surface area (Å²) in [7, 11) is 0. The smallest absolute Gasteiger partial charge is 0.303 e. The highest BCUT2D eigenvalue weighted by atomic mass is 32.2. The van der Waals surface area contributed by atoms with E-state index in [4.69, 9.17) is 4.74 Å². The molecule has 1 heterocycles. The summed E-state index contributed by atoms with van der Waals surface area (Å²) in [5, 5.41) is 16.6. The van der Waals surface area contributed by atoms with E-state index in [2.05, 4.69) is 25.0 Å². The Morgan fingerprint density at radius 3 is 2.67 bits per heavy atom. The van der Waals surface area contributed by atoms with Crippen molar-refractivity contribution in [2.75, 3.05) is 12.0 Å². The van der Waals surface area contributed by atoms with Gasteiger partial charge in [0.15, 0.2) is 11.4 Å². The van der Waals surface area contributed by atoms with Crippen LogP contribution in [0.5, 0.6) is 0 Å². The van der Waals surface area contributed by atoms with Gasteiger partial charge in [0, 0.05) is 12.3 Å². The average molecular weight is 553 g/mol. The minimum Gasteiger partial charge on any atom is -0.451 e. The highest BCUT2D eigenvalue weighted by Gasteiger charge is 2.70. The molecule has 2 aromatic rings. The Morgan fingerprint density at radius 2 is 1.97 bits per heavy atom. The molecule has 1 aromatic heterocycles. The number of hydrogen-bond donors (Lipinski definition) is 1. The largest absolute Gasteiger partial charge is 0.451 e. The second kappa shape index (κ2) is 9.30. The lowest BCUT2D eigenvalue weighted by Gasteiger charge is -2.60. The summed E-state index contributed by atoms with van der Waals surface area (Å²) in [6.07, 6.45) is 9.82. The summed E-state index contributed by atoms with van der Waals surface area (Å²) < 4.78 is 21.4. The SMILES string of the molecule is CSCC(=O)C1(OC(C)=O)CC[C@H]2[C@@H]3CCC4=Cc5c(cnn5-c5ccc(F)cc5)CC4(C)C3C(O)CC21C. The Kier molecular flexibility index (Phi) is 6.38. The first kappa shape index (κ1) is 26.8. The Labute approximate surface area is 233 Å². The van der Waals surface area contributed by atoms with Gasteiger partial charge < -0.3 is 9.84 Å². The Bertz CT molecular complexity index is 1350. The summed E-state index contributed by atoms with van der Waals surface area (Å²) in [5.41, 5.74) is 2.29. The number of hydrogen-bond acceptors (Lipinski definition) is 6. The van der Waals surface area contributed by atoms with Gasteiger partial charge in [-0.2, -0.15) is 16.9 Å². The van der Waals surface area contributed by atoms with Crippen LogP contribution in [0.1, 0.15) is 64.1 Å². The van der Waals surface area contributed by atoms with E-state index in [9.17, 15) is 19.1 Å². The summed E-state index contributed by atoms with van der Waals surface area (Å²) in [4.78, 5) is 25.9. The van der Waals surface area contributed by atoms with Crippen molar-refractivity contribution in [2.45, 2.75) is 71.0 Å². The lowest BCUT2D eigenvalue weighted by Crippen LogP contribution is -2.63. The number of halogens is 1. The predicted molar refractivity (Wildman–Crippen MR) is 149 cm³/mol. The number of carbonyl (C=O) groups is 2. The van der Waals surface area contributed by atoms with Crippen LogP contribution in [0.15, 0.2) is 36.0 Å². The van der Waals surface area contributed by atoms with Crippen molar-refractivity contribution in [3.63, 3.8) is 0 Å². The fourth-order valence-corrected chi connectivity index (χ4v) is 9.63. The molecular weight excluding hydrogens is 515 g/mol. The van der Waals surface area contributed by atoms with Crippen LogP contribution in [0.4, 0.5) is 4.39 Å². The third-order valence-corrected chi connectivity index (χ3v) is 11.2. The van der Waals surface area contributed by atoms with E-state index < -0.39 is 23.1 Å². The van der Waals surface area contributed by atoms with Crippen molar-refractivity contribution in [1.29, 1.82) is 0 Å². The van der Waals surface area contributed by atoms with Gasteiger partial charge in [0.1, 0.15) is 5.82 Å². The third kappa shape index (κ3) is 3.80. The number of Topliss-reactive ketones (excluding diaryl/α,β-unsaturated/α-hetero) is 1. The van der Waals surface area contributed by atoms with Gasteiger partial charge in [0.05, 0.1) is 29.4 Å². The molecule has 6 rings (SSSR count). The highest BCUT2D eigenvalue weighted by Crippen LogP contribution is 2.68. The van der Waals surface area contributed by atoms with Crippen molar-refractivity contribution in [3.8, 4) is 5.69 Å². The maximum atomic E-state index is 13.6. The summed E-state index contributed by atoms with van der Waals surface area (Å²) >= 11 is 1.46. The molecule has 8 heteroatoms. The third-order valence-electron chi connectivity index (χ3n) is 10.7. The fourth-order valence-electron chi connectivity index (χ4n) is 9.14. The molecule has 1 aromatic carbocycles. The Morgan fingerprint density at radius 1 is 1.23 bits per heavy atom. The summed E-state index contributed by atoms with van der Waals surface area (Å²) in [6, 6.07) is 6.38. The maximum Gasteiger partial charge on any atom is 0.303 e. The number of aliphatic hydroxyl groups is 1. The first-order chi connectivity index (χ1) is 18.5. The molecular formula is C31H37FN2O4S. The lowest BCUT2D eigenvalue weighted by atomic mass is 9.45. The van der Waals surface area contributed by atoms with Gasteiger partial charge in [-0.15, -0.1) is 0 Å². The molecule has 4 aliphatic carbocycles. The zero-order valence-corrected chi connectivity index (χ0v) is 23.9. The molecule has 0 saturated heterocycles. The second-order valence-electron chi connectivity index (χ2n) is 12.5. The van der Waals surface area contributed by atoms with Crippen molar-refractivity contribution in [2.24, 2.45) is 28.6 Å². The maximum absolute atomic E-state index is 13.6. The molecule has 0 spiro atoms. The van der Waals surface area contributed by atoms with Crippen molar-refractivity contribution < 1.29 is 23.8 Å². The molecule has 0 amide bonds. The molecule has 208 valence electrons. The van der Waals surface area contributed by atoms with Crippen LogP contribution in [0, 0.1) is 34.4 Å². The normalized spacial score (nSPS) is 36.7. The van der Waals surface area contributed by atoms with Gasteiger partial charge in [-0.1, -0.05) is 19.4 Å². The topological polar surface area (TPSA) is 81.4 Å². The predicted octanol–water partition coefficient (Wildman–Crippen LogP) is 5.40. The van der Waals surface area contributed by atoms with Crippen LogP contribution in [0.2, 0.25) is 0 Å². The molecule has 39 heavy (non-hydrogen) atoms. The molecule has 1 N–H and O–H groups in total. The number of ketones is 1. The first-order valence-corrected chi connectivity index (χ1v) is 15.4. The minimum atomic E-state index is -1.18. The number of fused-ring (bicyclic) bond motifs is 6. The molecule has 3 fully saturated rings. The number of thioether (sulfide) groups is 1. The number of aromatic nitrogens is 2. The van der Waals surface area contributed by atoms with E-state index in [0.29, 0.717) is 18.6 Å². The van der Waals surface area contributed by atoms with E-state index in [0.717, 1.165) is 42.6 Å². The standard InChI is InChI=1S/C31H37FN2O4S/c1-18(35)38-31(27(37)17-39-4)12-11-24-23-10-5-20-13-25-19(16-33-34(25)22-8-6-21(32)7-9-22)14-29(20,2)28(23)26(36)15-30(24,31)3/h6-9,13,16,23-24,26,28,36H,5,10-12,14-15,17H2,1-4H3/t23-,24-,26?,28?,29?,30?,31?/m0/s1. The molecule has 6 nitrogen and oxygen atoms in total. The molecule has 0 bridgehead atoms. The fraction of sp³-hybridized carbons (Fsp3) is 0.581. The first-order valence-electron chi connectivity index (χ1n) is 14.0. The number of ether oxygens (including phenoxy) is 1. The quantitative estimate of drug-likeness (QED) is 0.501. The second-order valence-corrected chi connectivity index (χ2v) is 13.4. The van der Waals surface area contributed by atoms with Crippen LogP contribution in [-0.2, 0) is 20.7 Å². The van der Waals surface area contributed by atoms with E-state index in [-0.39, 0.29) is 34.8 Å². The van der Waals surface area contributed by atoms with Gasteiger partial charge in [-0.3, -0.25) is 9.59 Å². The van der Waals surface area contributed by atoms with Crippen molar-refractivity contribution in [3.05, 3.63) is 53.1 Å². The number of allylic oxidation sites excluding steroid dienone is 1. The zero-order chi connectivity index (χ0) is 27.7. The van der Waals surface area contributed by atoms with Crippen molar-refractivity contribution in [1.82, 2.24) is 9.78 Å². The lowest BCUT2D eigenvalue weighted by molar-refractivity contribution is -0.198. The zero-order valence-electron chi connectivity index (χ0n) is 23.1. The van der Waals surface area contributed by atoms with E-state index in [1.807, 2.05) is 17.1 Å². The van der Waals surface area contributed by atoms with Gasteiger partial charge in [0.25, 0.3) is 0 Å². The molecule has 0 radical (unpaired) electrons. The molecule has 0 aliphatic heterocycles. The van der Waals surface area contributed by atoms with E-state index >= 15 is 0 Å². The van der Waals surface area contributed by atoms with Crippen LogP contribution >= 0.6 is 11.8 Å². The molecule has 3 saturated carbocycles. The number of rotatable bonds is 5.